The number of carboxylic acids is 2. The Morgan fingerprint density at radius 1 is 0.946 bits per heavy atom. The fourth-order valence-corrected chi connectivity index (χ4v) is 3.52. The summed E-state index contributed by atoms with van der Waals surface area (Å²) in [4.78, 5) is 74.3. The molecule has 0 radical (unpaired) electrons. The van der Waals surface area contributed by atoms with Gasteiger partial charge in [-0.3, -0.25) is 24.0 Å². The molecule has 37 heavy (non-hydrogen) atoms. The normalized spacial score (nSPS) is 14.1. The molecule has 1 aromatic carbocycles. The van der Waals surface area contributed by atoms with Crippen LogP contribution in [-0.2, 0) is 35.2 Å². The number of aliphatic carboxylic acids is 2. The summed E-state index contributed by atoms with van der Waals surface area (Å²) < 4.78 is 0. The fraction of sp³-hybridized carbons (Fsp3) is 0.391. The van der Waals surface area contributed by atoms with Crippen LogP contribution in [0, 0.1) is 0 Å². The first-order valence-corrected chi connectivity index (χ1v) is 11.3. The average molecular weight is 519 g/mol. The lowest BCUT2D eigenvalue weighted by Gasteiger charge is -2.23. The number of carbonyl (C=O) groups is 6. The lowest BCUT2D eigenvalue weighted by molar-refractivity contribution is -0.143. The van der Waals surface area contributed by atoms with E-state index in [0.717, 1.165) is 16.5 Å². The molecule has 4 atom stereocenters. The quantitative estimate of drug-likeness (QED) is 0.142. The van der Waals surface area contributed by atoms with Crippen LogP contribution < -0.4 is 27.4 Å². The third-order valence-electron chi connectivity index (χ3n) is 5.50. The van der Waals surface area contributed by atoms with Gasteiger partial charge in [-0.25, -0.2) is 4.79 Å². The number of nitrogens with one attached hydrogen (secondary N) is 4. The van der Waals surface area contributed by atoms with Crippen molar-refractivity contribution in [2.45, 2.75) is 56.8 Å². The number of fused-ring (bicyclic) bond motifs is 1. The molecule has 0 bridgehead atoms. The zero-order valence-corrected chi connectivity index (χ0v) is 20.0. The number of carboxylic acid groups (broad SMARTS) is 2. The predicted octanol–water partition coefficient (Wildman–Crippen LogP) is -1.66. The number of primary amides is 1. The molecule has 0 saturated carbocycles. The predicted molar refractivity (Wildman–Crippen MR) is 130 cm³/mol. The Morgan fingerprint density at radius 3 is 2.22 bits per heavy atom. The number of H-pyrrole nitrogens is 1. The van der Waals surface area contributed by atoms with E-state index in [4.69, 9.17) is 16.6 Å². The van der Waals surface area contributed by atoms with Crippen LogP contribution in [0.1, 0.15) is 31.7 Å². The smallest absolute Gasteiger partial charge is 0.326 e. The van der Waals surface area contributed by atoms with E-state index in [2.05, 4.69) is 20.9 Å². The lowest BCUT2D eigenvalue weighted by atomic mass is 10.0. The summed E-state index contributed by atoms with van der Waals surface area (Å²) in [5, 5.41) is 25.6. The van der Waals surface area contributed by atoms with Gasteiger partial charge in [-0.05, 0) is 31.4 Å². The van der Waals surface area contributed by atoms with E-state index in [0.29, 0.717) is 0 Å². The van der Waals surface area contributed by atoms with E-state index in [9.17, 15) is 33.9 Å². The summed E-state index contributed by atoms with van der Waals surface area (Å²) in [6.45, 7) is 1.33. The first kappa shape index (κ1) is 28.8. The highest BCUT2D eigenvalue weighted by Gasteiger charge is 2.30. The SMILES string of the molecule is CC(NC(=O)C(N)Cc1c[nH]c2ccccc12)C(=O)NC(CC(N)=O)C(=O)NC(CCC(=O)O)C(=O)O. The Bertz CT molecular complexity index is 1180. The number of hydrogen-bond acceptors (Lipinski definition) is 7. The van der Waals surface area contributed by atoms with Crippen LogP contribution in [0.25, 0.3) is 10.9 Å². The fourth-order valence-electron chi connectivity index (χ4n) is 3.52. The van der Waals surface area contributed by atoms with Crippen molar-refractivity contribution in [3.8, 4) is 0 Å². The Labute approximate surface area is 211 Å². The van der Waals surface area contributed by atoms with Crippen LogP contribution in [0.3, 0.4) is 0 Å². The minimum atomic E-state index is -1.57. The molecule has 0 saturated heterocycles. The van der Waals surface area contributed by atoms with E-state index < -0.39 is 79.0 Å². The van der Waals surface area contributed by atoms with E-state index in [1.165, 1.54) is 6.92 Å². The Hall–Kier alpha value is -4.46. The van der Waals surface area contributed by atoms with Crippen LogP contribution in [0.2, 0.25) is 0 Å². The van der Waals surface area contributed by atoms with Crippen LogP contribution in [-0.4, -0.2) is 74.9 Å². The van der Waals surface area contributed by atoms with E-state index in [-0.39, 0.29) is 6.42 Å². The molecule has 4 unspecified atom stereocenters. The minimum absolute atomic E-state index is 0.184. The number of hydrogen-bond donors (Lipinski definition) is 8. The summed E-state index contributed by atoms with van der Waals surface area (Å²) in [5.74, 6) is -6.27. The van der Waals surface area contributed by atoms with Crippen LogP contribution >= 0.6 is 0 Å². The summed E-state index contributed by atoms with van der Waals surface area (Å²) >= 11 is 0. The molecule has 1 aromatic heterocycles. The van der Waals surface area contributed by atoms with E-state index >= 15 is 0 Å². The second kappa shape index (κ2) is 13.0. The highest BCUT2D eigenvalue weighted by Crippen LogP contribution is 2.18. The maximum Gasteiger partial charge on any atom is 0.326 e. The van der Waals surface area contributed by atoms with Gasteiger partial charge in [0.05, 0.1) is 12.5 Å². The number of rotatable bonds is 14. The Balaban J connectivity index is 1.99. The van der Waals surface area contributed by atoms with Crippen molar-refractivity contribution in [2.24, 2.45) is 11.5 Å². The number of aromatic nitrogens is 1. The first-order chi connectivity index (χ1) is 17.4. The van der Waals surface area contributed by atoms with Gasteiger partial charge in [-0.1, -0.05) is 18.2 Å². The molecular weight excluding hydrogens is 488 g/mol. The largest absolute Gasteiger partial charge is 0.481 e. The first-order valence-electron chi connectivity index (χ1n) is 11.3. The number of aromatic amines is 1. The molecule has 0 aliphatic carbocycles. The van der Waals surface area contributed by atoms with Crippen molar-refractivity contribution >= 4 is 46.5 Å². The van der Waals surface area contributed by atoms with Gasteiger partial charge in [0.15, 0.2) is 0 Å². The van der Waals surface area contributed by atoms with Crippen molar-refractivity contribution in [3.63, 3.8) is 0 Å². The van der Waals surface area contributed by atoms with Crippen molar-refractivity contribution < 1.29 is 39.0 Å². The van der Waals surface area contributed by atoms with Crippen molar-refractivity contribution in [3.05, 3.63) is 36.0 Å². The van der Waals surface area contributed by atoms with Crippen molar-refractivity contribution in [1.29, 1.82) is 0 Å². The number of carbonyl (C=O) groups excluding carboxylic acids is 4. The van der Waals surface area contributed by atoms with Gasteiger partial charge in [0, 0.05) is 23.5 Å². The van der Waals surface area contributed by atoms with Gasteiger partial charge in [0.25, 0.3) is 0 Å². The highest BCUT2D eigenvalue weighted by molar-refractivity contribution is 5.96. The molecule has 2 rings (SSSR count). The summed E-state index contributed by atoms with van der Waals surface area (Å²) in [6, 6.07) is 2.16. The second-order valence-electron chi connectivity index (χ2n) is 8.46. The Morgan fingerprint density at radius 2 is 1.59 bits per heavy atom. The van der Waals surface area contributed by atoms with E-state index in [1.54, 1.807) is 6.20 Å². The number of para-hydroxylation sites is 1. The van der Waals surface area contributed by atoms with Gasteiger partial charge in [-0.15, -0.1) is 0 Å². The number of amides is 4. The van der Waals surface area contributed by atoms with Gasteiger partial charge in [-0.2, -0.15) is 0 Å². The average Bonchev–Trinajstić information content (AvgIpc) is 3.23. The second-order valence-corrected chi connectivity index (χ2v) is 8.46. The van der Waals surface area contributed by atoms with Crippen molar-refractivity contribution in [1.82, 2.24) is 20.9 Å². The number of benzene rings is 1. The maximum absolute atomic E-state index is 12.6. The monoisotopic (exact) mass is 518 g/mol. The standard InChI is InChI=1S/C23H30N6O8/c1-11(27-21(34)14(24)8-12-10-26-15-5-3-2-4-13(12)15)20(33)29-17(9-18(25)30)22(35)28-16(23(36)37)6-7-19(31)32/h2-5,10-11,14,16-17,26H,6-9,24H2,1H3,(H2,25,30)(H,27,34)(H,28,35)(H,29,33)(H,31,32)(H,36,37). The molecule has 14 nitrogen and oxygen atoms in total. The molecule has 10 N–H and O–H groups in total. The summed E-state index contributed by atoms with van der Waals surface area (Å²) in [7, 11) is 0. The van der Waals surface area contributed by atoms with Gasteiger partial charge in [0.2, 0.25) is 23.6 Å². The number of nitrogens with two attached hydrogens (primary N) is 2. The molecule has 200 valence electrons. The summed E-state index contributed by atoms with van der Waals surface area (Å²) in [5.41, 5.74) is 12.8. The molecule has 4 amide bonds. The molecule has 0 spiro atoms. The van der Waals surface area contributed by atoms with Crippen LogP contribution in [0.5, 0.6) is 0 Å². The van der Waals surface area contributed by atoms with Gasteiger partial charge >= 0.3 is 11.9 Å². The van der Waals surface area contributed by atoms with Crippen LogP contribution in [0.4, 0.5) is 0 Å². The molecule has 2 aromatic rings. The van der Waals surface area contributed by atoms with Crippen molar-refractivity contribution in [2.75, 3.05) is 0 Å². The zero-order valence-electron chi connectivity index (χ0n) is 20.0. The zero-order chi connectivity index (χ0) is 27.7. The Kier molecular flexibility index (Phi) is 10.1. The third kappa shape index (κ3) is 8.61. The van der Waals surface area contributed by atoms with Crippen LogP contribution in [0.15, 0.2) is 30.5 Å². The third-order valence-corrected chi connectivity index (χ3v) is 5.50. The minimum Gasteiger partial charge on any atom is -0.481 e. The van der Waals surface area contributed by atoms with Gasteiger partial charge < -0.3 is 42.6 Å². The topological polar surface area (TPSA) is 247 Å². The lowest BCUT2D eigenvalue weighted by Crippen LogP contribution is -2.57. The molecule has 1 heterocycles. The molecule has 0 fully saturated rings. The van der Waals surface area contributed by atoms with E-state index in [1.807, 2.05) is 24.3 Å². The van der Waals surface area contributed by atoms with Gasteiger partial charge in [0.1, 0.15) is 18.1 Å². The molecule has 0 aliphatic rings. The summed E-state index contributed by atoms with van der Waals surface area (Å²) in [6.07, 6.45) is 0.301. The molecular formula is C23H30N6O8. The molecule has 0 aliphatic heterocycles. The molecule has 14 heteroatoms. The highest BCUT2D eigenvalue weighted by atomic mass is 16.4. The maximum atomic E-state index is 12.6.